The average Bonchev–Trinajstić information content (AvgIpc) is 2.38. The van der Waals surface area contributed by atoms with Crippen molar-refractivity contribution in [2.24, 2.45) is 17.3 Å². The maximum Gasteiger partial charge on any atom is 0.222 e. The maximum atomic E-state index is 12.6. The van der Waals surface area contributed by atoms with Crippen LogP contribution in [0.15, 0.2) is 0 Å². The normalized spacial score (nSPS) is 21.6. The second-order valence-electron chi connectivity index (χ2n) is 7.52. The Morgan fingerprint density at radius 1 is 1.40 bits per heavy atom. The van der Waals surface area contributed by atoms with E-state index in [1.165, 1.54) is 12.8 Å². The Bertz CT molecular complexity index is 290. The smallest absolute Gasteiger partial charge is 0.222 e. The highest BCUT2D eigenvalue weighted by Gasteiger charge is 2.26. The van der Waals surface area contributed by atoms with Crippen LogP contribution < -0.4 is 5.32 Å². The highest BCUT2D eigenvalue weighted by molar-refractivity contribution is 5.76. The number of rotatable bonds is 6. The fraction of sp³-hybridized carbons (Fsp3) is 0.941. The van der Waals surface area contributed by atoms with Gasteiger partial charge in [-0.2, -0.15) is 0 Å². The summed E-state index contributed by atoms with van der Waals surface area (Å²) in [6.07, 6.45) is 4.24. The van der Waals surface area contributed by atoms with E-state index in [9.17, 15) is 4.79 Å². The van der Waals surface area contributed by atoms with Crippen LogP contribution in [0, 0.1) is 17.3 Å². The zero-order valence-electron chi connectivity index (χ0n) is 14.2. The summed E-state index contributed by atoms with van der Waals surface area (Å²) in [4.78, 5) is 14.7. The van der Waals surface area contributed by atoms with Crippen LogP contribution in [0.2, 0.25) is 0 Å². The summed E-state index contributed by atoms with van der Waals surface area (Å²) in [5.74, 6) is 1.42. The Morgan fingerprint density at radius 2 is 2.10 bits per heavy atom. The monoisotopic (exact) mass is 282 g/mol. The van der Waals surface area contributed by atoms with Gasteiger partial charge in [0.15, 0.2) is 0 Å². The van der Waals surface area contributed by atoms with Gasteiger partial charge in [0.05, 0.1) is 0 Å². The number of carbonyl (C=O) groups excluding carboxylic acids is 1. The lowest BCUT2D eigenvalue weighted by molar-refractivity contribution is -0.133. The van der Waals surface area contributed by atoms with Crippen molar-refractivity contribution >= 4 is 5.91 Å². The molecule has 118 valence electrons. The third-order valence-corrected chi connectivity index (χ3v) is 4.68. The third-order valence-electron chi connectivity index (χ3n) is 4.68. The molecule has 0 aromatic rings. The average molecular weight is 282 g/mol. The molecular formula is C17H34N2O. The van der Waals surface area contributed by atoms with Crippen molar-refractivity contribution in [2.45, 2.75) is 60.3 Å². The summed E-state index contributed by atoms with van der Waals surface area (Å²) in [7, 11) is 0. The Labute approximate surface area is 125 Å². The quantitative estimate of drug-likeness (QED) is 0.810. The Kier molecular flexibility index (Phi) is 7.01. The van der Waals surface area contributed by atoms with Gasteiger partial charge < -0.3 is 10.2 Å². The first-order chi connectivity index (χ1) is 9.34. The minimum Gasteiger partial charge on any atom is -0.342 e. The lowest BCUT2D eigenvalue weighted by atomic mass is 9.80. The number of carbonyl (C=O) groups is 1. The van der Waals surface area contributed by atoms with Gasteiger partial charge >= 0.3 is 0 Å². The van der Waals surface area contributed by atoms with E-state index < -0.39 is 0 Å². The van der Waals surface area contributed by atoms with Crippen LogP contribution in [0.5, 0.6) is 0 Å². The SMILES string of the molecule is CCCN(CC1CCCNC1)C(=O)CC(C)C(C)(C)C. The summed E-state index contributed by atoms with van der Waals surface area (Å²) in [5, 5.41) is 3.45. The van der Waals surface area contributed by atoms with Crippen LogP contribution in [-0.4, -0.2) is 37.0 Å². The van der Waals surface area contributed by atoms with E-state index in [0.29, 0.717) is 24.2 Å². The van der Waals surface area contributed by atoms with Crippen molar-refractivity contribution < 1.29 is 4.79 Å². The molecule has 2 unspecified atom stereocenters. The Hall–Kier alpha value is -0.570. The molecule has 1 aliphatic rings. The standard InChI is InChI=1S/C17H34N2O/c1-6-10-19(13-15-8-7-9-18-12-15)16(20)11-14(2)17(3,4)5/h14-15,18H,6-13H2,1-5H3. The second-order valence-corrected chi connectivity index (χ2v) is 7.52. The molecule has 0 aromatic carbocycles. The van der Waals surface area contributed by atoms with Crippen molar-refractivity contribution in [3.8, 4) is 0 Å². The van der Waals surface area contributed by atoms with E-state index in [0.717, 1.165) is 32.6 Å². The molecule has 0 aliphatic carbocycles. The minimum absolute atomic E-state index is 0.208. The highest BCUT2D eigenvalue weighted by atomic mass is 16.2. The molecule has 0 radical (unpaired) electrons. The van der Waals surface area contributed by atoms with Gasteiger partial charge in [-0.3, -0.25) is 4.79 Å². The first-order valence-electron chi connectivity index (χ1n) is 8.33. The molecule has 0 saturated carbocycles. The van der Waals surface area contributed by atoms with Crippen molar-refractivity contribution in [1.29, 1.82) is 0 Å². The molecule has 3 nitrogen and oxygen atoms in total. The molecule has 1 amide bonds. The summed E-state index contributed by atoms with van der Waals surface area (Å²) in [6.45, 7) is 15.1. The van der Waals surface area contributed by atoms with E-state index in [2.05, 4.69) is 44.8 Å². The highest BCUT2D eigenvalue weighted by Crippen LogP contribution is 2.28. The van der Waals surface area contributed by atoms with E-state index in [-0.39, 0.29) is 5.41 Å². The van der Waals surface area contributed by atoms with Gasteiger partial charge in [0, 0.05) is 19.5 Å². The molecule has 1 rings (SSSR count). The fourth-order valence-electron chi connectivity index (χ4n) is 2.68. The molecule has 0 aromatic heterocycles. The van der Waals surface area contributed by atoms with E-state index in [4.69, 9.17) is 0 Å². The lowest BCUT2D eigenvalue weighted by Gasteiger charge is -2.33. The van der Waals surface area contributed by atoms with Gasteiger partial charge in [0.1, 0.15) is 0 Å². The van der Waals surface area contributed by atoms with Crippen molar-refractivity contribution in [3.63, 3.8) is 0 Å². The number of amides is 1. The molecule has 20 heavy (non-hydrogen) atoms. The summed E-state index contributed by atoms with van der Waals surface area (Å²) >= 11 is 0. The van der Waals surface area contributed by atoms with Crippen LogP contribution in [0.3, 0.4) is 0 Å². The first kappa shape index (κ1) is 17.5. The second kappa shape index (κ2) is 8.02. The molecule has 1 fully saturated rings. The van der Waals surface area contributed by atoms with Crippen molar-refractivity contribution in [1.82, 2.24) is 10.2 Å². The molecule has 1 heterocycles. The number of piperidine rings is 1. The summed E-state index contributed by atoms with van der Waals surface area (Å²) in [5.41, 5.74) is 0.208. The summed E-state index contributed by atoms with van der Waals surface area (Å²) < 4.78 is 0. The van der Waals surface area contributed by atoms with E-state index in [1.807, 2.05) is 0 Å². The zero-order chi connectivity index (χ0) is 15.2. The number of hydrogen-bond acceptors (Lipinski definition) is 2. The molecule has 0 bridgehead atoms. The fourth-order valence-corrected chi connectivity index (χ4v) is 2.68. The molecule has 3 heteroatoms. The molecule has 1 aliphatic heterocycles. The molecule has 2 atom stereocenters. The van der Waals surface area contributed by atoms with Gasteiger partial charge in [-0.15, -0.1) is 0 Å². The van der Waals surface area contributed by atoms with Crippen LogP contribution >= 0.6 is 0 Å². The van der Waals surface area contributed by atoms with Gasteiger partial charge in [-0.25, -0.2) is 0 Å². The molecular weight excluding hydrogens is 248 g/mol. The Balaban J connectivity index is 2.53. The lowest BCUT2D eigenvalue weighted by Crippen LogP contribution is -2.42. The van der Waals surface area contributed by atoms with E-state index >= 15 is 0 Å². The maximum absolute atomic E-state index is 12.6. The van der Waals surface area contributed by atoms with Crippen LogP contribution in [0.4, 0.5) is 0 Å². The predicted octanol–water partition coefficient (Wildman–Crippen LogP) is 3.30. The van der Waals surface area contributed by atoms with Gasteiger partial charge in [-0.1, -0.05) is 34.6 Å². The topological polar surface area (TPSA) is 32.3 Å². The third kappa shape index (κ3) is 5.82. The van der Waals surface area contributed by atoms with Gasteiger partial charge in [0.2, 0.25) is 5.91 Å². The predicted molar refractivity (Wildman–Crippen MR) is 85.7 cm³/mol. The number of nitrogens with one attached hydrogen (secondary N) is 1. The number of nitrogens with zero attached hydrogens (tertiary/aromatic N) is 1. The van der Waals surface area contributed by atoms with Gasteiger partial charge in [-0.05, 0) is 49.6 Å². The molecule has 1 saturated heterocycles. The summed E-state index contributed by atoms with van der Waals surface area (Å²) in [6, 6.07) is 0. The van der Waals surface area contributed by atoms with Crippen LogP contribution in [0.25, 0.3) is 0 Å². The first-order valence-corrected chi connectivity index (χ1v) is 8.33. The number of hydrogen-bond donors (Lipinski definition) is 1. The van der Waals surface area contributed by atoms with Crippen LogP contribution in [-0.2, 0) is 4.79 Å². The van der Waals surface area contributed by atoms with Crippen molar-refractivity contribution in [2.75, 3.05) is 26.2 Å². The van der Waals surface area contributed by atoms with E-state index in [1.54, 1.807) is 0 Å². The molecule has 0 spiro atoms. The minimum atomic E-state index is 0.208. The Morgan fingerprint density at radius 3 is 2.60 bits per heavy atom. The van der Waals surface area contributed by atoms with Gasteiger partial charge in [0.25, 0.3) is 0 Å². The zero-order valence-corrected chi connectivity index (χ0v) is 14.2. The largest absolute Gasteiger partial charge is 0.342 e. The van der Waals surface area contributed by atoms with Crippen molar-refractivity contribution in [3.05, 3.63) is 0 Å². The van der Waals surface area contributed by atoms with Crippen LogP contribution in [0.1, 0.15) is 60.3 Å². The molecule has 1 N–H and O–H groups in total.